The standard InChI is InChI=1S/C38H50F4N4O4/c1-34(2,39)32-44-31(45-50-32)12-9-21-36(19-6-5-7-20-36)25-46(33(47)43-29-17-22-37(49,23-18-29)38(40,41)42)30-11-8-10-27(24-30)26-13-15-28(16-14-26)35(3,4)48/h8,10-11,13-16,24,29,48-49H,5-7,9,12,17-23,25H2,1-4H3,(H,43,47). The van der Waals surface area contributed by atoms with Gasteiger partial charge >= 0.3 is 12.2 Å². The van der Waals surface area contributed by atoms with Crippen molar-refractivity contribution in [3.8, 4) is 11.1 Å². The lowest BCUT2D eigenvalue weighted by Crippen LogP contribution is -2.54. The third kappa shape index (κ3) is 9.04. The highest BCUT2D eigenvalue weighted by Crippen LogP contribution is 2.44. The molecule has 0 bridgehead atoms. The molecule has 1 heterocycles. The van der Waals surface area contributed by atoms with Crippen molar-refractivity contribution in [2.75, 3.05) is 11.4 Å². The highest BCUT2D eigenvalue weighted by molar-refractivity contribution is 5.93. The van der Waals surface area contributed by atoms with Crippen LogP contribution in [0.4, 0.5) is 28.0 Å². The number of hydrogen-bond acceptors (Lipinski definition) is 6. The maximum absolute atomic E-state index is 14.3. The van der Waals surface area contributed by atoms with Crippen molar-refractivity contribution < 1.29 is 37.1 Å². The van der Waals surface area contributed by atoms with E-state index in [4.69, 9.17) is 4.52 Å². The van der Waals surface area contributed by atoms with Crippen molar-refractivity contribution in [2.45, 2.75) is 134 Å². The van der Waals surface area contributed by atoms with E-state index in [1.165, 1.54) is 13.8 Å². The zero-order valence-electron chi connectivity index (χ0n) is 29.5. The van der Waals surface area contributed by atoms with Gasteiger partial charge in [-0.25, -0.2) is 9.18 Å². The molecule has 0 saturated heterocycles. The molecule has 5 rings (SSSR count). The summed E-state index contributed by atoms with van der Waals surface area (Å²) in [7, 11) is 0. The number of rotatable bonds is 11. The van der Waals surface area contributed by atoms with Crippen LogP contribution in [0, 0.1) is 5.41 Å². The van der Waals surface area contributed by atoms with Crippen molar-refractivity contribution in [2.24, 2.45) is 5.41 Å². The zero-order chi connectivity index (χ0) is 36.4. The summed E-state index contributed by atoms with van der Waals surface area (Å²) in [6.45, 7) is 6.57. The first-order valence-electron chi connectivity index (χ1n) is 17.7. The minimum atomic E-state index is -4.72. The quantitative estimate of drug-likeness (QED) is 0.172. The highest BCUT2D eigenvalue weighted by atomic mass is 19.4. The Balaban J connectivity index is 1.40. The van der Waals surface area contributed by atoms with Crippen molar-refractivity contribution in [3.05, 3.63) is 65.8 Å². The third-order valence-electron chi connectivity index (χ3n) is 10.5. The summed E-state index contributed by atoms with van der Waals surface area (Å²) in [5.74, 6) is 0.374. The molecule has 12 heteroatoms. The predicted molar refractivity (Wildman–Crippen MR) is 183 cm³/mol. The number of amides is 2. The van der Waals surface area contributed by atoms with Gasteiger partial charge in [-0.1, -0.05) is 60.8 Å². The first-order valence-corrected chi connectivity index (χ1v) is 17.7. The summed E-state index contributed by atoms with van der Waals surface area (Å²) < 4.78 is 60.0. The second-order valence-corrected chi connectivity index (χ2v) is 15.4. The van der Waals surface area contributed by atoms with Crippen molar-refractivity contribution in [1.82, 2.24) is 15.5 Å². The summed E-state index contributed by atoms with van der Waals surface area (Å²) in [4.78, 5) is 20.2. The maximum Gasteiger partial charge on any atom is 0.417 e. The van der Waals surface area contributed by atoms with Gasteiger partial charge in [0.15, 0.2) is 17.1 Å². The molecule has 2 aromatic carbocycles. The monoisotopic (exact) mass is 702 g/mol. The van der Waals surface area contributed by atoms with Crippen LogP contribution < -0.4 is 10.2 Å². The van der Waals surface area contributed by atoms with E-state index in [-0.39, 0.29) is 30.2 Å². The smallest absolute Gasteiger partial charge is 0.386 e. The maximum atomic E-state index is 14.3. The second kappa shape index (κ2) is 14.6. The van der Waals surface area contributed by atoms with Crippen LogP contribution in [0.25, 0.3) is 11.1 Å². The Morgan fingerprint density at radius 1 is 0.960 bits per heavy atom. The molecule has 2 fully saturated rings. The van der Waals surface area contributed by atoms with Crippen LogP contribution in [-0.2, 0) is 17.7 Å². The van der Waals surface area contributed by atoms with Crippen LogP contribution in [-0.4, -0.2) is 50.7 Å². The van der Waals surface area contributed by atoms with E-state index in [2.05, 4.69) is 15.5 Å². The number of aryl methyl sites for hydroxylation is 1. The summed E-state index contributed by atoms with van der Waals surface area (Å²) in [6, 6.07) is 14.3. The summed E-state index contributed by atoms with van der Waals surface area (Å²) in [6.07, 6.45) is 1.20. The Kier molecular flexibility index (Phi) is 11.0. The predicted octanol–water partition coefficient (Wildman–Crippen LogP) is 8.89. The van der Waals surface area contributed by atoms with Gasteiger partial charge in [0.1, 0.15) is 0 Å². The number of carbonyl (C=O) groups excluding carboxylic acids is 1. The molecule has 2 aliphatic carbocycles. The molecule has 0 aliphatic heterocycles. The van der Waals surface area contributed by atoms with E-state index in [1.807, 2.05) is 48.5 Å². The molecule has 274 valence electrons. The van der Waals surface area contributed by atoms with Gasteiger partial charge in [0.2, 0.25) is 0 Å². The molecular weight excluding hydrogens is 652 g/mol. The molecule has 2 amide bonds. The lowest BCUT2D eigenvalue weighted by atomic mass is 9.70. The fraction of sp³-hybridized carbons (Fsp3) is 0.605. The van der Waals surface area contributed by atoms with Gasteiger partial charge in [-0.05, 0) is 113 Å². The summed E-state index contributed by atoms with van der Waals surface area (Å²) in [5, 5.41) is 27.6. The zero-order valence-corrected chi connectivity index (χ0v) is 29.5. The van der Waals surface area contributed by atoms with Crippen LogP contribution in [0.1, 0.15) is 116 Å². The number of aliphatic hydroxyl groups is 2. The molecule has 8 nitrogen and oxygen atoms in total. The summed E-state index contributed by atoms with van der Waals surface area (Å²) >= 11 is 0. The molecule has 50 heavy (non-hydrogen) atoms. The van der Waals surface area contributed by atoms with E-state index < -0.39 is 41.9 Å². The van der Waals surface area contributed by atoms with Crippen LogP contribution in [0.15, 0.2) is 53.1 Å². The first kappa shape index (κ1) is 37.7. The van der Waals surface area contributed by atoms with Gasteiger partial charge in [0.25, 0.3) is 5.89 Å². The number of carbonyl (C=O) groups is 1. The normalized spacial score (nSPS) is 21.5. The minimum Gasteiger partial charge on any atom is -0.386 e. The number of hydrogen-bond donors (Lipinski definition) is 3. The Labute approximate surface area is 291 Å². The van der Waals surface area contributed by atoms with Crippen molar-refractivity contribution in [3.63, 3.8) is 0 Å². The molecule has 0 atom stereocenters. The van der Waals surface area contributed by atoms with E-state index in [1.54, 1.807) is 18.7 Å². The molecule has 1 aromatic heterocycles. The van der Waals surface area contributed by atoms with Gasteiger partial charge in [0, 0.05) is 24.7 Å². The number of benzene rings is 2. The molecule has 3 N–H and O–H groups in total. The van der Waals surface area contributed by atoms with Crippen LogP contribution >= 0.6 is 0 Å². The van der Waals surface area contributed by atoms with Gasteiger partial charge < -0.3 is 20.1 Å². The number of aromatic nitrogens is 2. The molecule has 0 unspecified atom stereocenters. The number of nitrogens with one attached hydrogen (secondary N) is 1. The topological polar surface area (TPSA) is 112 Å². The largest absolute Gasteiger partial charge is 0.417 e. The van der Waals surface area contributed by atoms with E-state index >= 15 is 0 Å². The van der Waals surface area contributed by atoms with Gasteiger partial charge in [-0.3, -0.25) is 4.90 Å². The Hall–Kier alpha value is -3.51. The molecule has 2 saturated carbocycles. The van der Waals surface area contributed by atoms with Crippen molar-refractivity contribution >= 4 is 11.7 Å². The van der Waals surface area contributed by atoms with Crippen LogP contribution in [0.2, 0.25) is 0 Å². The Morgan fingerprint density at radius 3 is 2.20 bits per heavy atom. The average molecular weight is 703 g/mol. The summed E-state index contributed by atoms with van der Waals surface area (Å²) in [5.41, 5.74) is -2.50. The first-order chi connectivity index (χ1) is 23.4. The molecule has 0 radical (unpaired) electrons. The second-order valence-electron chi connectivity index (χ2n) is 15.4. The Morgan fingerprint density at radius 2 is 1.62 bits per heavy atom. The van der Waals surface area contributed by atoms with Crippen LogP contribution in [0.3, 0.4) is 0 Å². The fourth-order valence-electron chi connectivity index (χ4n) is 7.32. The third-order valence-corrected chi connectivity index (χ3v) is 10.5. The highest BCUT2D eigenvalue weighted by Gasteiger charge is 2.54. The number of halogens is 4. The van der Waals surface area contributed by atoms with Crippen molar-refractivity contribution in [1.29, 1.82) is 0 Å². The number of alkyl halides is 4. The van der Waals surface area contributed by atoms with Gasteiger partial charge in [0.05, 0.1) is 5.60 Å². The number of nitrogens with zero attached hydrogens (tertiary/aromatic N) is 3. The average Bonchev–Trinajstić information content (AvgIpc) is 3.54. The molecule has 3 aromatic rings. The van der Waals surface area contributed by atoms with E-state index in [0.29, 0.717) is 30.9 Å². The number of urea groups is 1. The van der Waals surface area contributed by atoms with Gasteiger partial charge in [-0.15, -0.1) is 0 Å². The Bertz CT molecular complexity index is 1580. The minimum absolute atomic E-state index is 0.0106. The SMILES string of the molecule is CC(C)(O)c1ccc(-c2cccc(N(CC3(CCCc4noc(C(C)(C)F)n4)CCCCC3)C(=O)NC3CCC(O)(C(F)(F)F)CC3)c2)cc1. The van der Waals surface area contributed by atoms with E-state index in [9.17, 15) is 32.6 Å². The molecular formula is C38H50F4N4O4. The lowest BCUT2D eigenvalue weighted by Gasteiger charge is -2.42. The lowest BCUT2D eigenvalue weighted by molar-refractivity contribution is -0.270. The fourth-order valence-corrected chi connectivity index (χ4v) is 7.32. The van der Waals surface area contributed by atoms with Crippen LogP contribution in [0.5, 0.6) is 0 Å². The van der Waals surface area contributed by atoms with Gasteiger partial charge in [-0.2, -0.15) is 18.2 Å². The number of anilines is 1. The molecule has 0 spiro atoms. The van der Waals surface area contributed by atoms with E-state index in [0.717, 1.165) is 55.2 Å². The molecule has 2 aliphatic rings.